The summed E-state index contributed by atoms with van der Waals surface area (Å²) in [4.78, 5) is 20.3. The first-order valence-electron chi connectivity index (χ1n) is 8.87. The smallest absolute Gasteiger partial charge is 0.251 e. The van der Waals surface area contributed by atoms with E-state index in [1.807, 2.05) is 83.7 Å². The van der Waals surface area contributed by atoms with Crippen LogP contribution in [-0.2, 0) is 6.42 Å². The Kier molecular flexibility index (Phi) is 4.83. The van der Waals surface area contributed by atoms with Gasteiger partial charge in [-0.25, -0.2) is 4.98 Å². The summed E-state index contributed by atoms with van der Waals surface area (Å²) in [6.45, 7) is 0. The number of benzene rings is 2. The molecule has 2 N–H and O–H groups in total. The van der Waals surface area contributed by atoms with Gasteiger partial charge in [0.1, 0.15) is 5.82 Å². The van der Waals surface area contributed by atoms with E-state index in [-0.39, 0.29) is 11.9 Å². The molecule has 0 spiro atoms. The summed E-state index contributed by atoms with van der Waals surface area (Å²) in [5.41, 5.74) is 2.63. The number of nitrogens with zero attached hydrogens (tertiary/aromatic N) is 2. The van der Waals surface area contributed by atoms with Crippen LogP contribution < -0.4 is 5.32 Å². The fourth-order valence-electron chi connectivity index (χ4n) is 3.10. The number of carbonyl (C=O) groups excluding carboxylic acids is 1. The second-order valence-corrected chi connectivity index (χ2v) is 6.32. The highest BCUT2D eigenvalue weighted by atomic mass is 16.1. The number of hydrogen-bond donors (Lipinski definition) is 2. The predicted octanol–water partition coefficient (Wildman–Crippen LogP) is 3.91. The number of hydrogen-bond acceptors (Lipinski definition) is 2. The predicted molar refractivity (Wildman–Crippen MR) is 105 cm³/mol. The normalized spacial score (nSPS) is 11.9. The lowest BCUT2D eigenvalue weighted by molar-refractivity contribution is 0.0936. The lowest BCUT2D eigenvalue weighted by atomic mass is 10.0. The van der Waals surface area contributed by atoms with Gasteiger partial charge in [0.15, 0.2) is 0 Å². The van der Waals surface area contributed by atoms with E-state index >= 15 is 0 Å². The maximum absolute atomic E-state index is 12.9. The molecule has 1 unspecified atom stereocenters. The van der Waals surface area contributed by atoms with Crippen LogP contribution in [0.5, 0.6) is 0 Å². The van der Waals surface area contributed by atoms with Crippen LogP contribution in [-0.4, -0.2) is 20.4 Å². The number of H-pyrrole nitrogens is 1. The Morgan fingerprint density at radius 3 is 2.59 bits per heavy atom. The van der Waals surface area contributed by atoms with Crippen molar-refractivity contribution in [3.05, 3.63) is 108 Å². The van der Waals surface area contributed by atoms with E-state index in [1.165, 1.54) is 0 Å². The molecule has 0 bridgehead atoms. The minimum absolute atomic E-state index is 0.107. The van der Waals surface area contributed by atoms with Gasteiger partial charge in [0.2, 0.25) is 0 Å². The van der Waals surface area contributed by atoms with Gasteiger partial charge < -0.3 is 14.9 Å². The van der Waals surface area contributed by atoms with Crippen LogP contribution in [0.25, 0.3) is 5.69 Å². The molecule has 5 nitrogen and oxygen atoms in total. The van der Waals surface area contributed by atoms with Gasteiger partial charge in [0.05, 0.1) is 6.04 Å². The number of nitrogens with one attached hydrogen (secondary N) is 2. The summed E-state index contributed by atoms with van der Waals surface area (Å²) >= 11 is 0. The van der Waals surface area contributed by atoms with Gasteiger partial charge in [-0.1, -0.05) is 36.4 Å². The van der Waals surface area contributed by atoms with Crippen LogP contribution in [0.1, 0.15) is 27.8 Å². The van der Waals surface area contributed by atoms with Gasteiger partial charge in [-0.15, -0.1) is 0 Å². The molecule has 0 fully saturated rings. The Hall–Kier alpha value is -3.60. The zero-order valence-electron chi connectivity index (χ0n) is 14.7. The van der Waals surface area contributed by atoms with Gasteiger partial charge in [0.25, 0.3) is 5.91 Å². The van der Waals surface area contributed by atoms with Crippen LogP contribution in [0.4, 0.5) is 0 Å². The molecule has 134 valence electrons. The Morgan fingerprint density at radius 2 is 1.85 bits per heavy atom. The molecule has 4 aromatic rings. The van der Waals surface area contributed by atoms with E-state index in [0.717, 1.165) is 17.1 Å². The van der Waals surface area contributed by atoms with Crippen molar-refractivity contribution in [3.8, 4) is 5.69 Å². The quantitative estimate of drug-likeness (QED) is 0.550. The summed E-state index contributed by atoms with van der Waals surface area (Å²) in [6.07, 6.45) is 8.03. The standard InChI is InChI=1S/C22H20N4O/c27-22(18-9-6-10-19(15-18)26-13-4-5-14-26)25-20(16-21-23-11-12-24-21)17-7-2-1-3-8-17/h1-15,20H,16H2,(H,23,24)(H,25,27). The zero-order valence-corrected chi connectivity index (χ0v) is 14.7. The second-order valence-electron chi connectivity index (χ2n) is 6.32. The van der Waals surface area contributed by atoms with Gasteiger partial charge >= 0.3 is 0 Å². The number of amides is 1. The lowest BCUT2D eigenvalue weighted by Gasteiger charge is -2.19. The highest BCUT2D eigenvalue weighted by molar-refractivity contribution is 5.95. The van der Waals surface area contributed by atoms with Crippen LogP contribution in [0.2, 0.25) is 0 Å². The average Bonchev–Trinajstić information content (AvgIpc) is 3.42. The number of aromatic amines is 1. The molecule has 2 aromatic carbocycles. The van der Waals surface area contributed by atoms with Crippen molar-refractivity contribution in [1.29, 1.82) is 0 Å². The highest BCUT2D eigenvalue weighted by Crippen LogP contribution is 2.18. The molecular weight excluding hydrogens is 336 g/mol. The molecule has 0 saturated heterocycles. The Balaban J connectivity index is 1.57. The third-order valence-corrected chi connectivity index (χ3v) is 4.47. The molecule has 2 aromatic heterocycles. The van der Waals surface area contributed by atoms with Gasteiger partial charge in [0, 0.05) is 42.5 Å². The van der Waals surface area contributed by atoms with E-state index in [9.17, 15) is 4.79 Å². The first kappa shape index (κ1) is 16.8. The number of carbonyl (C=O) groups is 1. The molecule has 1 atom stereocenters. The topological polar surface area (TPSA) is 62.7 Å². The molecule has 1 amide bonds. The van der Waals surface area contributed by atoms with E-state index in [0.29, 0.717) is 12.0 Å². The first-order chi connectivity index (χ1) is 13.3. The molecule has 0 aliphatic rings. The summed E-state index contributed by atoms with van der Waals surface area (Å²) in [5.74, 6) is 0.731. The fourth-order valence-corrected chi connectivity index (χ4v) is 3.10. The van der Waals surface area contributed by atoms with Crippen molar-refractivity contribution in [2.45, 2.75) is 12.5 Å². The summed E-state index contributed by atoms with van der Waals surface area (Å²) in [6, 6.07) is 21.3. The van der Waals surface area contributed by atoms with Crippen molar-refractivity contribution >= 4 is 5.91 Å². The average molecular weight is 356 g/mol. The van der Waals surface area contributed by atoms with Crippen molar-refractivity contribution in [2.24, 2.45) is 0 Å². The molecule has 2 heterocycles. The van der Waals surface area contributed by atoms with Gasteiger partial charge in [-0.3, -0.25) is 4.79 Å². The number of imidazole rings is 1. The number of rotatable bonds is 6. The summed E-state index contributed by atoms with van der Waals surface area (Å²) in [7, 11) is 0. The third-order valence-electron chi connectivity index (χ3n) is 4.47. The van der Waals surface area contributed by atoms with Crippen molar-refractivity contribution < 1.29 is 4.79 Å². The van der Waals surface area contributed by atoms with Gasteiger partial charge in [-0.2, -0.15) is 0 Å². The highest BCUT2D eigenvalue weighted by Gasteiger charge is 2.17. The monoisotopic (exact) mass is 356 g/mol. The molecule has 0 radical (unpaired) electrons. The molecule has 5 heteroatoms. The van der Waals surface area contributed by atoms with Crippen molar-refractivity contribution in [1.82, 2.24) is 19.9 Å². The molecule has 0 aliphatic carbocycles. The van der Waals surface area contributed by atoms with E-state index in [4.69, 9.17) is 0 Å². The maximum atomic E-state index is 12.9. The summed E-state index contributed by atoms with van der Waals surface area (Å²) in [5, 5.41) is 3.15. The van der Waals surface area contributed by atoms with Crippen LogP contribution >= 0.6 is 0 Å². The van der Waals surface area contributed by atoms with Crippen LogP contribution in [0, 0.1) is 0 Å². The van der Waals surface area contributed by atoms with Crippen molar-refractivity contribution in [3.63, 3.8) is 0 Å². The third kappa shape index (κ3) is 3.98. The minimum atomic E-state index is -0.167. The van der Waals surface area contributed by atoms with Crippen molar-refractivity contribution in [2.75, 3.05) is 0 Å². The molecule has 0 saturated carbocycles. The minimum Gasteiger partial charge on any atom is -0.349 e. The van der Waals surface area contributed by atoms with Gasteiger partial charge in [-0.05, 0) is 35.9 Å². The molecule has 27 heavy (non-hydrogen) atoms. The van der Waals surface area contributed by atoms with E-state index < -0.39 is 0 Å². The Bertz CT molecular complexity index is 992. The Morgan fingerprint density at radius 1 is 1.04 bits per heavy atom. The van der Waals surface area contributed by atoms with E-state index in [1.54, 1.807) is 12.4 Å². The molecule has 4 rings (SSSR count). The molecular formula is C22H20N4O. The second kappa shape index (κ2) is 7.74. The summed E-state index contributed by atoms with van der Waals surface area (Å²) < 4.78 is 1.98. The zero-order chi connectivity index (χ0) is 18.5. The molecule has 0 aliphatic heterocycles. The SMILES string of the molecule is O=C(NC(Cc1ncc[nH]1)c1ccccc1)c1cccc(-n2cccc2)c1. The van der Waals surface area contributed by atoms with Crippen LogP contribution in [0.15, 0.2) is 91.5 Å². The van der Waals surface area contributed by atoms with E-state index in [2.05, 4.69) is 15.3 Å². The lowest BCUT2D eigenvalue weighted by Crippen LogP contribution is -2.30. The number of aromatic nitrogens is 3. The van der Waals surface area contributed by atoms with Crippen LogP contribution in [0.3, 0.4) is 0 Å². The largest absolute Gasteiger partial charge is 0.349 e. The first-order valence-corrected chi connectivity index (χ1v) is 8.87. The Labute approximate surface area is 157 Å². The maximum Gasteiger partial charge on any atom is 0.251 e. The fraction of sp³-hybridized carbons (Fsp3) is 0.0909.